The molecule has 1 N–H and O–H groups in total. The molecule has 4 rings (SSSR count). The van der Waals surface area contributed by atoms with E-state index in [4.69, 9.17) is 0 Å². The minimum atomic E-state index is -0.259. The zero-order valence-corrected chi connectivity index (χ0v) is 16.8. The molecule has 1 amide bonds. The number of nitrogens with zero attached hydrogens (tertiary/aromatic N) is 5. The van der Waals surface area contributed by atoms with Crippen LogP contribution in [0.3, 0.4) is 0 Å². The first-order valence-corrected chi connectivity index (χ1v) is 9.65. The number of hydrogen-bond acceptors (Lipinski definition) is 5. The first kappa shape index (κ1) is 18.4. The minimum absolute atomic E-state index is 0.113. The van der Waals surface area contributed by atoms with Crippen LogP contribution in [0.4, 0.5) is 5.82 Å². The van der Waals surface area contributed by atoms with Crippen LogP contribution in [0, 0.1) is 6.92 Å². The highest BCUT2D eigenvalue weighted by atomic mass is 16.2. The Bertz CT molecular complexity index is 1000. The summed E-state index contributed by atoms with van der Waals surface area (Å²) in [6.07, 6.45) is 0.763. The predicted octanol–water partition coefficient (Wildman–Crippen LogP) is 2.94. The van der Waals surface area contributed by atoms with Gasteiger partial charge in [0.05, 0.1) is 0 Å². The number of carbonyl (C=O) groups excluding carboxylic acids is 1. The van der Waals surface area contributed by atoms with Gasteiger partial charge in [-0.25, -0.2) is 0 Å². The standard InChI is InChI=1S/C21H26N6O/c1-14-5-7-15(8-6-14)13-26-12-11-16(19(26)28)22-17-9-10-18-23-24-20(21(2,3)4)27(18)25-17/h5-10,16H,11-13H2,1-4H3,(H,22,25). The Morgan fingerprint density at radius 2 is 1.86 bits per heavy atom. The fourth-order valence-corrected chi connectivity index (χ4v) is 3.46. The van der Waals surface area contributed by atoms with E-state index in [1.54, 1.807) is 4.52 Å². The van der Waals surface area contributed by atoms with E-state index in [1.807, 2.05) is 17.0 Å². The van der Waals surface area contributed by atoms with Crippen LogP contribution in [-0.2, 0) is 16.8 Å². The van der Waals surface area contributed by atoms with Crippen molar-refractivity contribution < 1.29 is 4.79 Å². The summed E-state index contributed by atoms with van der Waals surface area (Å²) >= 11 is 0. The van der Waals surface area contributed by atoms with E-state index in [9.17, 15) is 4.79 Å². The van der Waals surface area contributed by atoms with E-state index < -0.39 is 0 Å². The average Bonchev–Trinajstić information content (AvgIpc) is 3.22. The Labute approximate surface area is 164 Å². The van der Waals surface area contributed by atoms with Crippen molar-refractivity contribution in [3.63, 3.8) is 0 Å². The van der Waals surface area contributed by atoms with Crippen LogP contribution >= 0.6 is 0 Å². The Morgan fingerprint density at radius 3 is 2.57 bits per heavy atom. The summed E-state index contributed by atoms with van der Waals surface area (Å²) in [5.41, 5.74) is 2.91. The molecule has 1 aliphatic heterocycles. The lowest BCUT2D eigenvalue weighted by atomic mass is 9.96. The fraction of sp³-hybridized carbons (Fsp3) is 0.429. The highest BCUT2D eigenvalue weighted by Crippen LogP contribution is 2.22. The Hall–Kier alpha value is -2.96. The number of aromatic nitrogens is 4. The van der Waals surface area contributed by atoms with Crippen molar-refractivity contribution in [1.29, 1.82) is 0 Å². The third kappa shape index (κ3) is 3.56. The molecule has 146 valence electrons. The molecule has 1 unspecified atom stereocenters. The molecule has 2 aromatic heterocycles. The van der Waals surface area contributed by atoms with Crippen LogP contribution < -0.4 is 5.32 Å². The largest absolute Gasteiger partial charge is 0.357 e. The monoisotopic (exact) mass is 378 g/mol. The molecule has 1 saturated heterocycles. The maximum absolute atomic E-state index is 12.8. The first-order chi connectivity index (χ1) is 13.3. The number of fused-ring (bicyclic) bond motifs is 1. The lowest BCUT2D eigenvalue weighted by Crippen LogP contribution is -2.33. The third-order valence-electron chi connectivity index (χ3n) is 5.05. The predicted molar refractivity (Wildman–Crippen MR) is 108 cm³/mol. The number of likely N-dealkylation sites (tertiary alicyclic amines) is 1. The Kier molecular flexibility index (Phi) is 4.53. The summed E-state index contributed by atoms with van der Waals surface area (Å²) in [6, 6.07) is 11.8. The lowest BCUT2D eigenvalue weighted by molar-refractivity contribution is -0.128. The first-order valence-electron chi connectivity index (χ1n) is 9.65. The summed E-state index contributed by atoms with van der Waals surface area (Å²) in [4.78, 5) is 14.7. The van der Waals surface area contributed by atoms with Gasteiger partial charge in [-0.15, -0.1) is 15.3 Å². The van der Waals surface area contributed by atoms with Gasteiger partial charge < -0.3 is 10.2 Å². The summed E-state index contributed by atoms with van der Waals surface area (Å²) in [5.74, 6) is 1.57. The van der Waals surface area contributed by atoms with Gasteiger partial charge in [-0.3, -0.25) is 4.79 Å². The van der Waals surface area contributed by atoms with E-state index in [0.29, 0.717) is 18.0 Å². The second-order valence-corrected chi connectivity index (χ2v) is 8.49. The van der Waals surface area contributed by atoms with E-state index in [2.05, 4.69) is 72.6 Å². The zero-order chi connectivity index (χ0) is 19.9. The van der Waals surface area contributed by atoms with Gasteiger partial charge in [-0.2, -0.15) is 4.52 Å². The molecule has 0 spiro atoms. The number of benzene rings is 1. The lowest BCUT2D eigenvalue weighted by Gasteiger charge is -2.18. The van der Waals surface area contributed by atoms with Crippen LogP contribution in [-0.4, -0.2) is 43.2 Å². The molecule has 7 heteroatoms. The van der Waals surface area contributed by atoms with Crippen molar-refractivity contribution in [2.24, 2.45) is 0 Å². The summed E-state index contributed by atoms with van der Waals surface area (Å²) in [7, 11) is 0. The number of amides is 1. The van der Waals surface area contributed by atoms with Crippen molar-refractivity contribution in [2.45, 2.75) is 52.1 Å². The molecule has 1 aromatic carbocycles. The SMILES string of the molecule is Cc1ccc(CN2CCC(Nc3ccc4nnc(C(C)(C)C)n4n3)C2=O)cc1. The molecular formula is C21H26N6O. The number of anilines is 1. The van der Waals surface area contributed by atoms with Gasteiger partial charge in [0, 0.05) is 18.5 Å². The average molecular weight is 378 g/mol. The molecule has 3 heterocycles. The molecular weight excluding hydrogens is 352 g/mol. The summed E-state index contributed by atoms with van der Waals surface area (Å²) < 4.78 is 1.76. The topological polar surface area (TPSA) is 75.4 Å². The number of rotatable bonds is 4. The number of carbonyl (C=O) groups is 1. The van der Waals surface area contributed by atoms with Gasteiger partial charge >= 0.3 is 0 Å². The van der Waals surface area contributed by atoms with Crippen LogP contribution in [0.5, 0.6) is 0 Å². The molecule has 0 aliphatic carbocycles. The van der Waals surface area contributed by atoms with Gasteiger partial charge in [0.25, 0.3) is 0 Å². The molecule has 0 saturated carbocycles. The van der Waals surface area contributed by atoms with Gasteiger partial charge in [0.1, 0.15) is 11.9 Å². The summed E-state index contributed by atoms with van der Waals surface area (Å²) in [6.45, 7) is 9.68. The van der Waals surface area contributed by atoms with Gasteiger partial charge in [0.15, 0.2) is 11.5 Å². The Balaban J connectivity index is 1.48. The highest BCUT2D eigenvalue weighted by Gasteiger charge is 2.32. The molecule has 0 bridgehead atoms. The second kappa shape index (κ2) is 6.89. The van der Waals surface area contributed by atoms with Crippen molar-refractivity contribution in [3.05, 3.63) is 53.3 Å². The van der Waals surface area contributed by atoms with Crippen molar-refractivity contribution in [3.8, 4) is 0 Å². The number of hydrogen-bond donors (Lipinski definition) is 1. The molecule has 7 nitrogen and oxygen atoms in total. The maximum Gasteiger partial charge on any atom is 0.245 e. The van der Waals surface area contributed by atoms with Gasteiger partial charge in [-0.1, -0.05) is 50.6 Å². The number of aryl methyl sites for hydroxylation is 1. The Morgan fingerprint density at radius 1 is 1.11 bits per heavy atom. The molecule has 3 aromatic rings. The third-order valence-corrected chi connectivity index (χ3v) is 5.05. The van der Waals surface area contributed by atoms with Crippen molar-refractivity contribution >= 4 is 17.4 Å². The molecule has 28 heavy (non-hydrogen) atoms. The van der Waals surface area contributed by atoms with E-state index in [-0.39, 0.29) is 17.4 Å². The quantitative estimate of drug-likeness (QED) is 0.755. The fourth-order valence-electron chi connectivity index (χ4n) is 3.46. The van der Waals surface area contributed by atoms with Crippen molar-refractivity contribution in [1.82, 2.24) is 24.7 Å². The van der Waals surface area contributed by atoms with Crippen LogP contribution in [0.2, 0.25) is 0 Å². The molecule has 1 aliphatic rings. The number of nitrogens with one attached hydrogen (secondary N) is 1. The smallest absolute Gasteiger partial charge is 0.245 e. The van der Waals surface area contributed by atoms with Crippen molar-refractivity contribution in [2.75, 3.05) is 11.9 Å². The normalized spacial score (nSPS) is 17.5. The minimum Gasteiger partial charge on any atom is -0.357 e. The molecule has 1 fully saturated rings. The maximum atomic E-state index is 12.8. The second-order valence-electron chi connectivity index (χ2n) is 8.49. The van der Waals surface area contributed by atoms with Gasteiger partial charge in [-0.05, 0) is 31.0 Å². The molecule has 1 atom stereocenters. The van der Waals surface area contributed by atoms with Crippen LogP contribution in [0.15, 0.2) is 36.4 Å². The van der Waals surface area contributed by atoms with Crippen LogP contribution in [0.25, 0.3) is 5.65 Å². The highest BCUT2D eigenvalue weighted by molar-refractivity contribution is 5.86. The zero-order valence-electron chi connectivity index (χ0n) is 16.8. The van der Waals surface area contributed by atoms with Gasteiger partial charge in [0.2, 0.25) is 5.91 Å². The molecule has 0 radical (unpaired) electrons. The van der Waals surface area contributed by atoms with Crippen LogP contribution in [0.1, 0.15) is 44.1 Å². The van der Waals surface area contributed by atoms with E-state index >= 15 is 0 Å². The van der Waals surface area contributed by atoms with E-state index in [1.165, 1.54) is 5.56 Å². The van der Waals surface area contributed by atoms with E-state index in [0.717, 1.165) is 24.4 Å². The summed E-state index contributed by atoms with van der Waals surface area (Å²) in [5, 5.41) is 16.4.